The van der Waals surface area contributed by atoms with Gasteiger partial charge in [-0.05, 0) is 55.2 Å². The molecule has 5 heteroatoms. The molecule has 0 spiro atoms. The summed E-state index contributed by atoms with van der Waals surface area (Å²) >= 11 is 0. The number of nitrogens with zero attached hydrogens (tertiary/aromatic N) is 3. The summed E-state index contributed by atoms with van der Waals surface area (Å²) in [5.41, 5.74) is 3.42. The van der Waals surface area contributed by atoms with Gasteiger partial charge in [-0.3, -0.25) is 9.36 Å². The first kappa shape index (κ1) is 17.7. The number of imidazole rings is 1. The normalized spacial score (nSPS) is 19.9. The Bertz CT molecular complexity index is 945. The predicted molar refractivity (Wildman–Crippen MR) is 107 cm³/mol. The Morgan fingerprint density at radius 1 is 1.19 bits per heavy atom. The summed E-state index contributed by atoms with van der Waals surface area (Å²) in [5.74, 6) is 1.54. The van der Waals surface area contributed by atoms with Crippen LogP contribution in [-0.4, -0.2) is 26.5 Å². The highest BCUT2D eigenvalue weighted by Crippen LogP contribution is 2.24. The first-order valence-corrected chi connectivity index (χ1v) is 9.91. The van der Waals surface area contributed by atoms with E-state index in [4.69, 9.17) is 0 Å². The number of rotatable bonds is 4. The van der Waals surface area contributed by atoms with Gasteiger partial charge >= 0.3 is 0 Å². The van der Waals surface area contributed by atoms with E-state index in [-0.39, 0.29) is 5.91 Å². The number of nitrogens with one attached hydrogen (secondary N) is 1. The van der Waals surface area contributed by atoms with Crippen LogP contribution in [-0.2, 0) is 6.42 Å². The lowest BCUT2D eigenvalue weighted by molar-refractivity contribution is 0.0910. The van der Waals surface area contributed by atoms with E-state index >= 15 is 0 Å². The van der Waals surface area contributed by atoms with Gasteiger partial charge in [0.15, 0.2) is 5.65 Å². The monoisotopic (exact) mass is 362 g/mol. The van der Waals surface area contributed by atoms with E-state index in [0.29, 0.717) is 17.5 Å². The average Bonchev–Trinajstić information content (AvgIpc) is 3.08. The number of aryl methyl sites for hydroxylation is 1. The molecule has 1 aliphatic rings. The van der Waals surface area contributed by atoms with Gasteiger partial charge in [0, 0.05) is 29.9 Å². The number of pyridine rings is 1. The van der Waals surface area contributed by atoms with Gasteiger partial charge in [0.25, 0.3) is 5.91 Å². The third-order valence-electron chi connectivity index (χ3n) is 5.62. The van der Waals surface area contributed by atoms with Crippen molar-refractivity contribution in [2.24, 2.45) is 5.92 Å². The van der Waals surface area contributed by atoms with Crippen LogP contribution >= 0.6 is 0 Å². The van der Waals surface area contributed by atoms with E-state index < -0.39 is 0 Å². The predicted octanol–water partition coefficient (Wildman–Crippen LogP) is 4.29. The van der Waals surface area contributed by atoms with Crippen LogP contribution in [0.15, 0.2) is 42.6 Å². The Balaban J connectivity index is 1.58. The van der Waals surface area contributed by atoms with Crippen molar-refractivity contribution >= 4 is 17.1 Å². The zero-order valence-electron chi connectivity index (χ0n) is 16.0. The van der Waals surface area contributed by atoms with Crippen molar-refractivity contribution in [3.8, 4) is 5.69 Å². The number of aromatic nitrogens is 3. The van der Waals surface area contributed by atoms with Crippen molar-refractivity contribution in [2.75, 3.05) is 0 Å². The highest BCUT2D eigenvalue weighted by atomic mass is 16.1. The van der Waals surface area contributed by atoms with Crippen LogP contribution in [0.1, 0.15) is 55.7 Å². The SMILES string of the molecule is CCc1nc2cccnc2n1-c1ccc(C(=O)NC2CCCCC2C)cc1. The van der Waals surface area contributed by atoms with Crippen molar-refractivity contribution in [1.82, 2.24) is 19.9 Å². The maximum absolute atomic E-state index is 12.6. The molecule has 5 nitrogen and oxygen atoms in total. The van der Waals surface area contributed by atoms with Crippen LogP contribution < -0.4 is 5.32 Å². The van der Waals surface area contributed by atoms with Gasteiger partial charge in [0.1, 0.15) is 11.3 Å². The van der Waals surface area contributed by atoms with Crippen molar-refractivity contribution in [2.45, 2.75) is 52.0 Å². The van der Waals surface area contributed by atoms with E-state index in [1.54, 1.807) is 6.20 Å². The fourth-order valence-corrected chi connectivity index (χ4v) is 4.01. The molecule has 0 aliphatic heterocycles. The molecule has 0 bridgehead atoms. The number of amides is 1. The van der Waals surface area contributed by atoms with Crippen molar-refractivity contribution in [3.05, 3.63) is 54.0 Å². The lowest BCUT2D eigenvalue weighted by Crippen LogP contribution is -2.41. The molecule has 1 N–H and O–H groups in total. The maximum atomic E-state index is 12.6. The Hall–Kier alpha value is -2.69. The second kappa shape index (κ2) is 7.51. The molecule has 2 unspecified atom stereocenters. The highest BCUT2D eigenvalue weighted by Gasteiger charge is 2.23. The zero-order chi connectivity index (χ0) is 18.8. The number of benzene rings is 1. The molecule has 0 saturated heterocycles. The Labute approximate surface area is 159 Å². The number of carbonyl (C=O) groups is 1. The molecule has 1 aromatic carbocycles. The molecule has 2 heterocycles. The van der Waals surface area contributed by atoms with E-state index in [1.165, 1.54) is 19.3 Å². The van der Waals surface area contributed by atoms with Crippen molar-refractivity contribution < 1.29 is 4.79 Å². The molecule has 2 atom stereocenters. The van der Waals surface area contributed by atoms with E-state index in [1.807, 2.05) is 36.4 Å². The Kier molecular flexibility index (Phi) is 4.92. The van der Waals surface area contributed by atoms with Crippen LogP contribution in [0.3, 0.4) is 0 Å². The molecule has 3 aromatic rings. The van der Waals surface area contributed by atoms with Crippen LogP contribution in [0.5, 0.6) is 0 Å². The zero-order valence-corrected chi connectivity index (χ0v) is 16.0. The lowest BCUT2D eigenvalue weighted by atomic mass is 9.86. The largest absolute Gasteiger partial charge is 0.349 e. The summed E-state index contributed by atoms with van der Waals surface area (Å²) < 4.78 is 2.07. The third-order valence-corrected chi connectivity index (χ3v) is 5.62. The average molecular weight is 362 g/mol. The third kappa shape index (κ3) is 3.46. The van der Waals surface area contributed by atoms with Crippen LogP contribution in [0.2, 0.25) is 0 Å². The Morgan fingerprint density at radius 2 is 1.96 bits per heavy atom. The number of hydrogen-bond acceptors (Lipinski definition) is 3. The summed E-state index contributed by atoms with van der Waals surface area (Å²) in [6, 6.07) is 11.9. The first-order valence-electron chi connectivity index (χ1n) is 9.91. The molecule has 1 amide bonds. The highest BCUT2D eigenvalue weighted by molar-refractivity contribution is 5.94. The fourth-order valence-electron chi connectivity index (χ4n) is 4.01. The molecule has 1 fully saturated rings. The van der Waals surface area contributed by atoms with Crippen LogP contribution in [0.4, 0.5) is 0 Å². The van der Waals surface area contributed by atoms with Gasteiger partial charge in [-0.2, -0.15) is 0 Å². The summed E-state index contributed by atoms with van der Waals surface area (Å²) in [5, 5.41) is 3.22. The summed E-state index contributed by atoms with van der Waals surface area (Å²) in [7, 11) is 0. The molecule has 2 aromatic heterocycles. The van der Waals surface area contributed by atoms with E-state index in [0.717, 1.165) is 35.5 Å². The standard InChI is InChI=1S/C22H26N4O/c1-3-20-24-19-9-6-14-23-21(19)26(20)17-12-10-16(11-13-17)22(27)25-18-8-5-4-7-15(18)2/h6,9-15,18H,3-5,7-8H2,1-2H3,(H,25,27). The van der Waals surface area contributed by atoms with Gasteiger partial charge < -0.3 is 5.32 Å². The van der Waals surface area contributed by atoms with Gasteiger partial charge in [0.05, 0.1) is 0 Å². The number of carbonyl (C=O) groups excluding carboxylic acids is 1. The summed E-state index contributed by atoms with van der Waals surface area (Å²) in [6.45, 7) is 4.32. The fraction of sp³-hybridized carbons (Fsp3) is 0.409. The minimum atomic E-state index is 0.0182. The topological polar surface area (TPSA) is 59.8 Å². The van der Waals surface area contributed by atoms with Gasteiger partial charge in [-0.25, -0.2) is 9.97 Å². The van der Waals surface area contributed by atoms with Gasteiger partial charge in [-0.15, -0.1) is 0 Å². The van der Waals surface area contributed by atoms with Crippen LogP contribution in [0, 0.1) is 5.92 Å². The minimum absolute atomic E-state index is 0.0182. The summed E-state index contributed by atoms with van der Waals surface area (Å²) in [6.07, 6.45) is 7.36. The van der Waals surface area contributed by atoms with E-state index in [2.05, 4.69) is 33.7 Å². The Morgan fingerprint density at radius 3 is 2.70 bits per heavy atom. The van der Waals surface area contributed by atoms with Crippen molar-refractivity contribution in [1.29, 1.82) is 0 Å². The molecule has 4 rings (SSSR count). The molecule has 27 heavy (non-hydrogen) atoms. The van der Waals surface area contributed by atoms with Crippen molar-refractivity contribution in [3.63, 3.8) is 0 Å². The first-order chi connectivity index (χ1) is 13.2. The molecular formula is C22H26N4O. The smallest absolute Gasteiger partial charge is 0.251 e. The molecule has 1 saturated carbocycles. The second-order valence-electron chi connectivity index (χ2n) is 7.45. The lowest BCUT2D eigenvalue weighted by Gasteiger charge is -2.29. The number of fused-ring (bicyclic) bond motifs is 1. The van der Waals surface area contributed by atoms with E-state index in [9.17, 15) is 4.79 Å². The molecular weight excluding hydrogens is 336 g/mol. The van der Waals surface area contributed by atoms with Gasteiger partial charge in [0.2, 0.25) is 0 Å². The molecule has 140 valence electrons. The molecule has 0 radical (unpaired) electrons. The summed E-state index contributed by atoms with van der Waals surface area (Å²) in [4.78, 5) is 21.8. The number of hydrogen-bond donors (Lipinski definition) is 1. The maximum Gasteiger partial charge on any atom is 0.251 e. The quantitative estimate of drug-likeness (QED) is 0.753. The second-order valence-corrected chi connectivity index (χ2v) is 7.45. The molecule has 1 aliphatic carbocycles. The van der Waals surface area contributed by atoms with Crippen LogP contribution in [0.25, 0.3) is 16.9 Å². The minimum Gasteiger partial charge on any atom is -0.349 e. The van der Waals surface area contributed by atoms with Gasteiger partial charge in [-0.1, -0.05) is 26.7 Å².